The molecule has 0 bridgehead atoms. The largest absolute Gasteiger partial charge is 0.421 e. The van der Waals surface area contributed by atoms with Gasteiger partial charge in [-0.2, -0.15) is 0 Å². The summed E-state index contributed by atoms with van der Waals surface area (Å²) in [6.45, 7) is 0.804. The molecule has 0 unspecified atom stereocenters. The Labute approximate surface area is 149 Å². The highest BCUT2D eigenvalue weighted by molar-refractivity contribution is 5.76. The first-order valence-electron chi connectivity index (χ1n) is 9.46. The lowest BCUT2D eigenvalue weighted by atomic mass is 9.91. The van der Waals surface area contributed by atoms with Gasteiger partial charge in [-0.05, 0) is 30.9 Å². The van der Waals surface area contributed by atoms with Crippen molar-refractivity contribution in [2.45, 2.75) is 57.8 Å². The lowest BCUT2D eigenvalue weighted by molar-refractivity contribution is -0.121. The lowest BCUT2D eigenvalue weighted by Gasteiger charge is -2.19. The molecule has 1 aliphatic carbocycles. The van der Waals surface area contributed by atoms with Crippen LogP contribution in [0.5, 0.6) is 0 Å². The van der Waals surface area contributed by atoms with Crippen molar-refractivity contribution >= 4 is 5.91 Å². The minimum atomic E-state index is 0.0709. The number of hydrogen-bond donors (Lipinski definition) is 1. The Morgan fingerprint density at radius 2 is 1.76 bits per heavy atom. The van der Waals surface area contributed by atoms with E-state index in [0.717, 1.165) is 12.1 Å². The van der Waals surface area contributed by atoms with Crippen molar-refractivity contribution in [2.75, 3.05) is 6.54 Å². The maximum absolute atomic E-state index is 12.1. The average molecular weight is 341 g/mol. The van der Waals surface area contributed by atoms with Crippen LogP contribution in [0.3, 0.4) is 0 Å². The molecule has 0 atom stereocenters. The number of nitrogens with one attached hydrogen (secondary N) is 1. The van der Waals surface area contributed by atoms with Crippen molar-refractivity contribution in [1.82, 2.24) is 15.5 Å². The molecule has 1 aliphatic rings. The highest BCUT2D eigenvalue weighted by atomic mass is 16.4. The van der Waals surface area contributed by atoms with Crippen LogP contribution in [0.2, 0.25) is 0 Å². The monoisotopic (exact) mass is 341 g/mol. The molecule has 1 aromatic carbocycles. The van der Waals surface area contributed by atoms with Crippen LogP contribution < -0.4 is 5.32 Å². The summed E-state index contributed by atoms with van der Waals surface area (Å²) in [7, 11) is 0. The molecule has 0 radical (unpaired) electrons. The Balaban J connectivity index is 1.41. The minimum absolute atomic E-state index is 0.0709. The molecular weight excluding hydrogens is 314 g/mol. The van der Waals surface area contributed by atoms with E-state index >= 15 is 0 Å². The number of amides is 1. The van der Waals surface area contributed by atoms with E-state index in [2.05, 4.69) is 15.5 Å². The van der Waals surface area contributed by atoms with Gasteiger partial charge in [-0.25, -0.2) is 0 Å². The van der Waals surface area contributed by atoms with Crippen molar-refractivity contribution in [3.63, 3.8) is 0 Å². The number of carbonyl (C=O) groups is 1. The summed E-state index contributed by atoms with van der Waals surface area (Å²) in [5, 5.41) is 11.2. The van der Waals surface area contributed by atoms with Gasteiger partial charge in [0.1, 0.15) is 0 Å². The van der Waals surface area contributed by atoms with Gasteiger partial charge in [-0.1, -0.05) is 50.3 Å². The average Bonchev–Trinajstić information content (AvgIpc) is 3.09. The fourth-order valence-electron chi connectivity index (χ4n) is 3.36. The number of carbonyl (C=O) groups excluding carboxylic acids is 1. The van der Waals surface area contributed by atoms with Crippen LogP contribution in [0.1, 0.15) is 57.3 Å². The summed E-state index contributed by atoms with van der Waals surface area (Å²) >= 11 is 0. The molecule has 1 fully saturated rings. The second-order valence-corrected chi connectivity index (χ2v) is 6.88. The van der Waals surface area contributed by atoms with Crippen molar-refractivity contribution in [3.05, 3.63) is 36.2 Å². The number of aryl methyl sites for hydroxylation is 1. The summed E-state index contributed by atoms with van der Waals surface area (Å²) in [5.41, 5.74) is 0.898. The molecular formula is C20H27N3O2. The zero-order valence-corrected chi connectivity index (χ0v) is 14.7. The summed E-state index contributed by atoms with van der Waals surface area (Å²) in [6, 6.07) is 9.67. The molecule has 3 rings (SSSR count). The van der Waals surface area contributed by atoms with Gasteiger partial charge in [0.05, 0.1) is 0 Å². The van der Waals surface area contributed by atoms with Crippen LogP contribution in [0.15, 0.2) is 34.7 Å². The first-order chi connectivity index (χ1) is 12.3. The van der Waals surface area contributed by atoms with Crippen LogP contribution in [-0.4, -0.2) is 22.6 Å². The molecule has 5 heteroatoms. The maximum atomic E-state index is 12.1. The highest BCUT2D eigenvalue weighted by Gasteiger charge is 2.14. The molecule has 134 valence electrons. The molecule has 0 saturated heterocycles. The third-order valence-electron chi connectivity index (χ3n) is 4.87. The van der Waals surface area contributed by atoms with E-state index in [1.807, 2.05) is 30.3 Å². The standard InChI is InChI=1S/C20H27N3O2/c24-18(21-15-16-9-5-2-1-3-6-10-16)13-14-19-22-23-20(25-19)17-11-7-4-8-12-17/h4,7-8,11-12,16H,1-3,5-6,9-10,13-15H2,(H,21,24). The summed E-state index contributed by atoms with van der Waals surface area (Å²) in [6.07, 6.45) is 9.99. The van der Waals surface area contributed by atoms with Crippen LogP contribution in [-0.2, 0) is 11.2 Å². The fourth-order valence-corrected chi connectivity index (χ4v) is 3.36. The number of nitrogens with zero attached hydrogens (tertiary/aromatic N) is 2. The lowest BCUT2D eigenvalue weighted by Crippen LogP contribution is -2.29. The van der Waals surface area contributed by atoms with Crippen molar-refractivity contribution in [3.8, 4) is 11.5 Å². The van der Waals surface area contributed by atoms with E-state index in [9.17, 15) is 4.79 Å². The SMILES string of the molecule is O=C(CCc1nnc(-c2ccccc2)o1)NCC1CCCCCCC1. The summed E-state index contributed by atoms with van der Waals surface area (Å²) in [4.78, 5) is 12.1. The zero-order valence-electron chi connectivity index (χ0n) is 14.7. The smallest absolute Gasteiger partial charge is 0.247 e. The topological polar surface area (TPSA) is 68.0 Å². The van der Waals surface area contributed by atoms with Gasteiger partial charge in [0.15, 0.2) is 0 Å². The number of rotatable bonds is 6. The Morgan fingerprint density at radius 1 is 1.04 bits per heavy atom. The first kappa shape index (κ1) is 17.6. The molecule has 0 aliphatic heterocycles. The fraction of sp³-hybridized carbons (Fsp3) is 0.550. The molecule has 1 heterocycles. The minimum Gasteiger partial charge on any atom is -0.421 e. The Bertz CT molecular complexity index is 646. The van der Waals surface area contributed by atoms with Gasteiger partial charge in [-0.15, -0.1) is 10.2 Å². The van der Waals surface area contributed by atoms with Crippen LogP contribution >= 0.6 is 0 Å². The third kappa shape index (κ3) is 5.69. The Morgan fingerprint density at radius 3 is 2.52 bits per heavy atom. The Kier molecular flexibility index (Phi) is 6.60. The predicted octanol–water partition coefficient (Wildman–Crippen LogP) is 4.15. The van der Waals surface area contributed by atoms with Gasteiger partial charge in [0.25, 0.3) is 0 Å². The van der Waals surface area contributed by atoms with E-state index in [0.29, 0.717) is 30.5 Å². The molecule has 5 nitrogen and oxygen atoms in total. The second kappa shape index (κ2) is 9.35. The maximum Gasteiger partial charge on any atom is 0.247 e. The number of benzene rings is 1. The zero-order chi connectivity index (χ0) is 17.3. The van der Waals surface area contributed by atoms with Crippen molar-refractivity contribution in [2.24, 2.45) is 5.92 Å². The molecule has 1 N–H and O–H groups in total. The van der Waals surface area contributed by atoms with Crippen molar-refractivity contribution in [1.29, 1.82) is 0 Å². The van der Waals surface area contributed by atoms with Crippen LogP contribution in [0, 0.1) is 5.92 Å². The van der Waals surface area contributed by atoms with E-state index in [1.165, 1.54) is 44.9 Å². The van der Waals surface area contributed by atoms with Gasteiger partial charge >= 0.3 is 0 Å². The number of hydrogen-bond acceptors (Lipinski definition) is 4. The van der Waals surface area contributed by atoms with E-state index in [1.54, 1.807) is 0 Å². The summed E-state index contributed by atoms with van der Waals surface area (Å²) < 4.78 is 5.64. The Hall–Kier alpha value is -2.17. The molecule has 1 aromatic heterocycles. The molecule has 2 aromatic rings. The number of aromatic nitrogens is 2. The van der Waals surface area contributed by atoms with Crippen molar-refractivity contribution < 1.29 is 9.21 Å². The van der Waals surface area contributed by atoms with Gasteiger partial charge in [0.2, 0.25) is 17.7 Å². The quantitative estimate of drug-likeness (QED) is 0.857. The highest BCUT2D eigenvalue weighted by Crippen LogP contribution is 2.21. The summed E-state index contributed by atoms with van der Waals surface area (Å²) in [5.74, 6) is 1.73. The van der Waals surface area contributed by atoms with Crippen LogP contribution in [0.4, 0.5) is 0 Å². The van der Waals surface area contributed by atoms with E-state index in [4.69, 9.17) is 4.42 Å². The van der Waals surface area contributed by atoms with Gasteiger partial charge < -0.3 is 9.73 Å². The first-order valence-corrected chi connectivity index (χ1v) is 9.46. The van der Waals surface area contributed by atoms with E-state index in [-0.39, 0.29) is 5.91 Å². The van der Waals surface area contributed by atoms with Gasteiger partial charge in [0, 0.05) is 24.9 Å². The third-order valence-corrected chi connectivity index (χ3v) is 4.87. The van der Waals surface area contributed by atoms with E-state index < -0.39 is 0 Å². The van der Waals surface area contributed by atoms with Crippen LogP contribution in [0.25, 0.3) is 11.5 Å². The van der Waals surface area contributed by atoms with Gasteiger partial charge in [-0.3, -0.25) is 4.79 Å². The second-order valence-electron chi connectivity index (χ2n) is 6.88. The molecule has 1 amide bonds. The molecule has 1 saturated carbocycles. The predicted molar refractivity (Wildman–Crippen MR) is 96.9 cm³/mol. The molecule has 0 spiro atoms. The molecule has 25 heavy (non-hydrogen) atoms. The normalized spacial score (nSPS) is 16.2.